The summed E-state index contributed by atoms with van der Waals surface area (Å²) in [6.45, 7) is 1.15. The zero-order chi connectivity index (χ0) is 14.9. The van der Waals surface area contributed by atoms with Crippen molar-refractivity contribution in [2.75, 3.05) is 25.1 Å². The molecule has 0 radical (unpaired) electrons. The van der Waals surface area contributed by atoms with Crippen LogP contribution in [0, 0.1) is 10.1 Å². The van der Waals surface area contributed by atoms with Gasteiger partial charge in [-0.2, -0.15) is 0 Å². The van der Waals surface area contributed by atoms with Gasteiger partial charge in [0.25, 0.3) is 5.69 Å². The number of anilines is 1. The zero-order valence-corrected chi connectivity index (χ0v) is 11.3. The first-order valence-electron chi connectivity index (χ1n) is 6.65. The zero-order valence-electron chi connectivity index (χ0n) is 11.3. The van der Waals surface area contributed by atoms with Crippen LogP contribution < -0.4 is 5.32 Å². The van der Waals surface area contributed by atoms with Gasteiger partial charge in [0.05, 0.1) is 22.6 Å². The number of nitrogens with zero attached hydrogens (tertiary/aromatic N) is 2. The van der Waals surface area contributed by atoms with E-state index in [4.69, 9.17) is 4.74 Å². The lowest BCUT2D eigenvalue weighted by Crippen LogP contribution is -2.37. The number of aromatic nitrogens is 1. The molecule has 1 fully saturated rings. The van der Waals surface area contributed by atoms with E-state index in [-0.39, 0.29) is 5.69 Å². The average Bonchev–Trinajstić information content (AvgIpc) is 2.91. The lowest BCUT2D eigenvalue weighted by atomic mass is 10.0. The quantitative estimate of drug-likeness (QED) is 0.657. The Morgan fingerprint density at radius 2 is 2.33 bits per heavy atom. The van der Waals surface area contributed by atoms with Gasteiger partial charge < -0.3 is 15.2 Å². The summed E-state index contributed by atoms with van der Waals surface area (Å²) in [7, 11) is 0. The van der Waals surface area contributed by atoms with E-state index in [1.807, 2.05) is 0 Å². The third kappa shape index (κ3) is 2.65. The molecule has 2 aromatic rings. The van der Waals surface area contributed by atoms with E-state index < -0.39 is 10.5 Å². The van der Waals surface area contributed by atoms with Crippen molar-refractivity contribution in [3.63, 3.8) is 0 Å². The fourth-order valence-corrected chi connectivity index (χ4v) is 2.46. The number of pyridine rings is 1. The topological polar surface area (TPSA) is 97.5 Å². The Kier molecular flexibility index (Phi) is 3.44. The number of nitro benzene ring substituents is 1. The van der Waals surface area contributed by atoms with Crippen molar-refractivity contribution in [2.45, 2.75) is 12.0 Å². The molecule has 1 saturated heterocycles. The van der Waals surface area contributed by atoms with E-state index >= 15 is 0 Å². The highest BCUT2D eigenvalue weighted by Crippen LogP contribution is 2.30. The number of ether oxygens (including phenoxy) is 1. The van der Waals surface area contributed by atoms with Crippen LogP contribution >= 0.6 is 0 Å². The van der Waals surface area contributed by atoms with Crippen molar-refractivity contribution in [3.8, 4) is 0 Å². The molecule has 2 N–H and O–H groups in total. The molecular weight excluding hydrogens is 274 g/mol. The minimum atomic E-state index is -0.900. The Bertz CT molecular complexity index is 683. The maximum absolute atomic E-state index is 11.0. The molecule has 0 amide bonds. The molecule has 1 aliphatic heterocycles. The summed E-state index contributed by atoms with van der Waals surface area (Å²) in [5.74, 6) is 0. The highest BCUT2D eigenvalue weighted by molar-refractivity contribution is 5.96. The Balaban J connectivity index is 1.92. The van der Waals surface area contributed by atoms with Crippen LogP contribution in [0.5, 0.6) is 0 Å². The summed E-state index contributed by atoms with van der Waals surface area (Å²) in [4.78, 5) is 14.8. The third-order valence-corrected chi connectivity index (χ3v) is 3.63. The molecule has 0 spiro atoms. The monoisotopic (exact) mass is 289 g/mol. The summed E-state index contributed by atoms with van der Waals surface area (Å²) in [6, 6.07) is 6.39. The second kappa shape index (κ2) is 5.27. The fraction of sp³-hybridized carbons (Fsp3) is 0.357. The lowest BCUT2D eigenvalue weighted by molar-refractivity contribution is -0.383. The summed E-state index contributed by atoms with van der Waals surface area (Å²) < 4.78 is 5.19. The SMILES string of the molecule is O=[N+]([O-])c1ccc(NCC2(O)CCOC2)c2ncccc12. The van der Waals surface area contributed by atoms with Crippen molar-refractivity contribution in [1.29, 1.82) is 0 Å². The van der Waals surface area contributed by atoms with Gasteiger partial charge in [0.2, 0.25) is 0 Å². The molecule has 21 heavy (non-hydrogen) atoms. The molecule has 1 atom stereocenters. The van der Waals surface area contributed by atoms with Gasteiger partial charge in [-0.05, 0) is 18.2 Å². The van der Waals surface area contributed by atoms with Crippen LogP contribution in [0.15, 0.2) is 30.5 Å². The number of hydrogen-bond acceptors (Lipinski definition) is 6. The standard InChI is InChI=1S/C14H15N3O4/c18-14(5-7-21-9-14)8-16-11-3-4-12(17(19)20)10-2-1-6-15-13(10)11/h1-4,6,16,18H,5,7-9H2. The van der Waals surface area contributed by atoms with Crippen LogP contribution in [0.25, 0.3) is 10.9 Å². The Labute approximate surface area is 120 Å². The number of nitrogens with one attached hydrogen (secondary N) is 1. The van der Waals surface area contributed by atoms with E-state index in [1.165, 1.54) is 6.07 Å². The predicted molar refractivity (Wildman–Crippen MR) is 77.3 cm³/mol. The molecule has 7 heteroatoms. The first-order valence-corrected chi connectivity index (χ1v) is 6.65. The first-order chi connectivity index (χ1) is 10.1. The molecule has 0 aliphatic carbocycles. The van der Waals surface area contributed by atoms with Crippen LogP contribution in [0.1, 0.15) is 6.42 Å². The van der Waals surface area contributed by atoms with E-state index in [0.29, 0.717) is 42.8 Å². The number of benzene rings is 1. The number of rotatable bonds is 4. The number of aliphatic hydroxyl groups is 1. The van der Waals surface area contributed by atoms with Crippen molar-refractivity contribution in [2.24, 2.45) is 0 Å². The van der Waals surface area contributed by atoms with Gasteiger partial charge >= 0.3 is 0 Å². The normalized spacial score (nSPS) is 21.6. The molecule has 2 heterocycles. The highest BCUT2D eigenvalue weighted by atomic mass is 16.6. The molecular formula is C14H15N3O4. The second-order valence-corrected chi connectivity index (χ2v) is 5.17. The van der Waals surface area contributed by atoms with Crippen LogP contribution in [-0.2, 0) is 4.74 Å². The predicted octanol–water partition coefficient (Wildman–Crippen LogP) is 1.71. The lowest BCUT2D eigenvalue weighted by Gasteiger charge is -2.21. The van der Waals surface area contributed by atoms with Gasteiger partial charge in [-0.25, -0.2) is 0 Å². The molecule has 1 aromatic carbocycles. The van der Waals surface area contributed by atoms with E-state index in [9.17, 15) is 15.2 Å². The number of fused-ring (bicyclic) bond motifs is 1. The molecule has 3 rings (SSSR count). The Hall–Kier alpha value is -2.25. The van der Waals surface area contributed by atoms with Gasteiger partial charge in [-0.1, -0.05) is 0 Å². The van der Waals surface area contributed by atoms with Crippen molar-refractivity contribution < 1.29 is 14.8 Å². The van der Waals surface area contributed by atoms with Gasteiger partial charge in [0, 0.05) is 31.8 Å². The van der Waals surface area contributed by atoms with E-state index in [2.05, 4.69) is 10.3 Å². The van der Waals surface area contributed by atoms with Crippen LogP contribution in [0.3, 0.4) is 0 Å². The fourth-order valence-electron chi connectivity index (χ4n) is 2.46. The average molecular weight is 289 g/mol. The largest absolute Gasteiger partial charge is 0.386 e. The van der Waals surface area contributed by atoms with Gasteiger partial charge in [0.1, 0.15) is 11.1 Å². The van der Waals surface area contributed by atoms with Gasteiger partial charge in [0.15, 0.2) is 0 Å². The van der Waals surface area contributed by atoms with Crippen molar-refractivity contribution >= 4 is 22.3 Å². The number of nitro groups is 1. The van der Waals surface area contributed by atoms with E-state index in [1.54, 1.807) is 24.4 Å². The Morgan fingerprint density at radius 1 is 1.48 bits per heavy atom. The summed E-state index contributed by atoms with van der Waals surface area (Å²) in [6.07, 6.45) is 2.16. The highest BCUT2D eigenvalue weighted by Gasteiger charge is 2.32. The molecule has 1 unspecified atom stereocenters. The molecule has 0 saturated carbocycles. The van der Waals surface area contributed by atoms with Crippen LogP contribution in [0.2, 0.25) is 0 Å². The van der Waals surface area contributed by atoms with E-state index in [0.717, 1.165) is 0 Å². The summed E-state index contributed by atoms with van der Waals surface area (Å²) >= 11 is 0. The van der Waals surface area contributed by atoms with Crippen LogP contribution in [0.4, 0.5) is 11.4 Å². The first kappa shape index (κ1) is 13.7. The van der Waals surface area contributed by atoms with Gasteiger partial charge in [-0.15, -0.1) is 0 Å². The molecule has 1 aromatic heterocycles. The summed E-state index contributed by atoms with van der Waals surface area (Å²) in [5, 5.41) is 24.9. The maximum atomic E-state index is 11.0. The van der Waals surface area contributed by atoms with Crippen molar-refractivity contribution in [3.05, 3.63) is 40.6 Å². The smallest absolute Gasteiger partial charge is 0.278 e. The number of hydrogen-bond donors (Lipinski definition) is 2. The van der Waals surface area contributed by atoms with Gasteiger partial charge in [-0.3, -0.25) is 15.1 Å². The molecule has 1 aliphatic rings. The molecule has 7 nitrogen and oxygen atoms in total. The summed E-state index contributed by atoms with van der Waals surface area (Å²) in [5.41, 5.74) is 0.306. The number of non-ortho nitro benzene ring substituents is 1. The minimum Gasteiger partial charge on any atom is -0.386 e. The van der Waals surface area contributed by atoms with Crippen LogP contribution in [-0.4, -0.2) is 40.4 Å². The van der Waals surface area contributed by atoms with Crippen molar-refractivity contribution in [1.82, 2.24) is 4.98 Å². The third-order valence-electron chi connectivity index (χ3n) is 3.63. The molecule has 110 valence electrons. The minimum absolute atomic E-state index is 0.0200. The maximum Gasteiger partial charge on any atom is 0.278 e. The molecule has 0 bridgehead atoms. The second-order valence-electron chi connectivity index (χ2n) is 5.17. The Morgan fingerprint density at radius 3 is 3.05 bits per heavy atom.